The van der Waals surface area contributed by atoms with Crippen LogP contribution in [0, 0.1) is 0 Å². The number of benzene rings is 1. The van der Waals surface area contributed by atoms with Gasteiger partial charge in [-0.05, 0) is 37.8 Å². The number of rotatable bonds is 4. The number of aryl methyl sites for hydroxylation is 1. The van der Waals surface area contributed by atoms with Crippen molar-refractivity contribution in [3.63, 3.8) is 0 Å². The lowest BCUT2D eigenvalue weighted by atomic mass is 9.77. The fourth-order valence-electron chi connectivity index (χ4n) is 2.85. The van der Waals surface area contributed by atoms with E-state index in [-0.39, 0.29) is 5.54 Å². The molecule has 0 bridgehead atoms. The molecule has 1 fully saturated rings. The van der Waals surface area contributed by atoms with Gasteiger partial charge in [0.1, 0.15) is 11.6 Å². The molecule has 0 amide bonds. The lowest BCUT2D eigenvalue weighted by Crippen LogP contribution is -2.45. The van der Waals surface area contributed by atoms with Gasteiger partial charge in [0.2, 0.25) is 0 Å². The van der Waals surface area contributed by atoms with Gasteiger partial charge in [0.05, 0.1) is 23.7 Å². The zero-order valence-corrected chi connectivity index (χ0v) is 11.6. The van der Waals surface area contributed by atoms with Crippen molar-refractivity contribution in [3.8, 4) is 5.75 Å². The molecule has 0 radical (unpaired) electrons. The third-order valence-electron chi connectivity index (χ3n) is 4.09. The van der Waals surface area contributed by atoms with Gasteiger partial charge in [0.15, 0.2) is 0 Å². The van der Waals surface area contributed by atoms with Gasteiger partial charge in [-0.1, -0.05) is 6.92 Å². The zero-order valence-electron chi connectivity index (χ0n) is 11.6. The Bertz CT molecular complexity index is 599. The first-order valence-corrected chi connectivity index (χ1v) is 7.01. The summed E-state index contributed by atoms with van der Waals surface area (Å²) in [5, 5.41) is 0. The van der Waals surface area contributed by atoms with E-state index in [0.717, 1.165) is 48.4 Å². The first kappa shape index (κ1) is 12.5. The van der Waals surface area contributed by atoms with E-state index >= 15 is 0 Å². The maximum Gasteiger partial charge on any atom is 0.130 e. The van der Waals surface area contributed by atoms with Crippen LogP contribution in [0.1, 0.15) is 38.4 Å². The average Bonchev–Trinajstić information content (AvgIpc) is 2.75. The van der Waals surface area contributed by atoms with E-state index in [1.165, 1.54) is 6.42 Å². The molecule has 0 saturated heterocycles. The summed E-state index contributed by atoms with van der Waals surface area (Å²) < 4.78 is 7.56. The fourth-order valence-corrected chi connectivity index (χ4v) is 2.85. The molecule has 2 N–H and O–H groups in total. The number of ether oxygens (including phenoxy) is 1. The summed E-state index contributed by atoms with van der Waals surface area (Å²) in [5.41, 5.74) is 8.40. The van der Waals surface area contributed by atoms with E-state index in [9.17, 15) is 0 Å². The quantitative estimate of drug-likeness (QED) is 0.918. The topological polar surface area (TPSA) is 53.1 Å². The van der Waals surface area contributed by atoms with Crippen molar-refractivity contribution in [2.45, 2.75) is 44.7 Å². The summed E-state index contributed by atoms with van der Waals surface area (Å²) in [6, 6.07) is 6.07. The number of hydrogen-bond acceptors (Lipinski definition) is 3. The van der Waals surface area contributed by atoms with Gasteiger partial charge in [0, 0.05) is 12.6 Å². The van der Waals surface area contributed by atoms with Crippen molar-refractivity contribution in [2.24, 2.45) is 5.73 Å². The summed E-state index contributed by atoms with van der Waals surface area (Å²) in [6.07, 6.45) is 4.37. The van der Waals surface area contributed by atoms with Crippen LogP contribution in [0.5, 0.6) is 5.75 Å². The Labute approximate surface area is 113 Å². The Balaban J connectivity index is 2.16. The molecular formula is C15H21N3O. The first-order chi connectivity index (χ1) is 9.18. The highest BCUT2D eigenvalue weighted by atomic mass is 16.5. The van der Waals surface area contributed by atoms with Gasteiger partial charge >= 0.3 is 0 Å². The van der Waals surface area contributed by atoms with Crippen LogP contribution in [0.3, 0.4) is 0 Å². The second-order valence-corrected chi connectivity index (χ2v) is 5.45. The first-order valence-electron chi connectivity index (χ1n) is 7.01. The van der Waals surface area contributed by atoms with Crippen LogP contribution in [-0.2, 0) is 12.1 Å². The Morgan fingerprint density at radius 2 is 2.21 bits per heavy atom. The SMILES string of the molecule is CCCn1c(C2(N)CCC2)nc2cc(OC)ccc21. The Morgan fingerprint density at radius 1 is 1.42 bits per heavy atom. The van der Waals surface area contributed by atoms with Crippen LogP contribution in [-0.4, -0.2) is 16.7 Å². The lowest BCUT2D eigenvalue weighted by molar-refractivity contribution is 0.231. The molecule has 19 heavy (non-hydrogen) atoms. The number of fused-ring (bicyclic) bond motifs is 1. The third-order valence-corrected chi connectivity index (χ3v) is 4.09. The van der Waals surface area contributed by atoms with Gasteiger partial charge in [-0.2, -0.15) is 0 Å². The Kier molecular flexibility index (Phi) is 2.97. The molecule has 0 spiro atoms. The van der Waals surface area contributed by atoms with Crippen molar-refractivity contribution < 1.29 is 4.74 Å². The van der Waals surface area contributed by atoms with Gasteiger partial charge in [0.25, 0.3) is 0 Å². The summed E-state index contributed by atoms with van der Waals surface area (Å²) in [6.45, 7) is 3.15. The van der Waals surface area contributed by atoms with Crippen molar-refractivity contribution in [2.75, 3.05) is 7.11 Å². The number of hydrogen-bond donors (Lipinski definition) is 1. The molecule has 3 rings (SSSR count). The smallest absolute Gasteiger partial charge is 0.130 e. The largest absolute Gasteiger partial charge is 0.497 e. The standard InChI is InChI=1S/C15H21N3O/c1-3-9-18-13-6-5-11(19-2)10-12(13)17-14(18)15(16)7-4-8-15/h5-6,10H,3-4,7-9,16H2,1-2H3. The van der Waals surface area contributed by atoms with E-state index in [4.69, 9.17) is 15.5 Å². The fraction of sp³-hybridized carbons (Fsp3) is 0.533. The molecule has 2 aromatic rings. The monoisotopic (exact) mass is 259 g/mol. The third kappa shape index (κ3) is 1.91. The molecule has 0 atom stereocenters. The van der Waals surface area contributed by atoms with Gasteiger partial charge in [-0.3, -0.25) is 0 Å². The maximum absolute atomic E-state index is 6.48. The summed E-state index contributed by atoms with van der Waals surface area (Å²) in [5.74, 6) is 1.89. The number of aromatic nitrogens is 2. The summed E-state index contributed by atoms with van der Waals surface area (Å²) >= 11 is 0. The van der Waals surface area contributed by atoms with Crippen molar-refractivity contribution in [1.29, 1.82) is 0 Å². The molecule has 1 aromatic carbocycles. The highest BCUT2D eigenvalue weighted by molar-refractivity contribution is 5.78. The second kappa shape index (κ2) is 4.53. The highest BCUT2D eigenvalue weighted by Crippen LogP contribution is 2.39. The molecular weight excluding hydrogens is 238 g/mol. The van der Waals surface area contributed by atoms with Gasteiger partial charge in [-0.15, -0.1) is 0 Å². The van der Waals surface area contributed by atoms with Crippen LogP contribution >= 0.6 is 0 Å². The van der Waals surface area contributed by atoms with Crippen LogP contribution in [0.25, 0.3) is 11.0 Å². The molecule has 4 heteroatoms. The van der Waals surface area contributed by atoms with E-state index in [0.29, 0.717) is 0 Å². The van der Waals surface area contributed by atoms with Crippen molar-refractivity contribution in [3.05, 3.63) is 24.0 Å². The zero-order chi connectivity index (χ0) is 13.5. The van der Waals surface area contributed by atoms with Crippen LogP contribution < -0.4 is 10.5 Å². The Hall–Kier alpha value is -1.55. The number of nitrogens with zero attached hydrogens (tertiary/aromatic N) is 2. The molecule has 0 unspecified atom stereocenters. The van der Waals surface area contributed by atoms with E-state index in [2.05, 4.69) is 17.6 Å². The van der Waals surface area contributed by atoms with Crippen LogP contribution in [0.2, 0.25) is 0 Å². The minimum Gasteiger partial charge on any atom is -0.497 e. The van der Waals surface area contributed by atoms with E-state index in [1.807, 2.05) is 12.1 Å². The minimum absolute atomic E-state index is 0.221. The van der Waals surface area contributed by atoms with Crippen molar-refractivity contribution >= 4 is 11.0 Å². The van der Waals surface area contributed by atoms with E-state index in [1.54, 1.807) is 7.11 Å². The summed E-state index contributed by atoms with van der Waals surface area (Å²) in [7, 11) is 1.68. The van der Waals surface area contributed by atoms with E-state index < -0.39 is 0 Å². The molecule has 102 valence electrons. The van der Waals surface area contributed by atoms with Gasteiger partial charge < -0.3 is 15.0 Å². The predicted octanol–water partition coefficient (Wildman–Crippen LogP) is 2.79. The Morgan fingerprint density at radius 3 is 2.79 bits per heavy atom. The minimum atomic E-state index is -0.221. The lowest BCUT2D eigenvalue weighted by Gasteiger charge is -2.37. The second-order valence-electron chi connectivity index (χ2n) is 5.45. The van der Waals surface area contributed by atoms with Gasteiger partial charge in [-0.25, -0.2) is 4.98 Å². The molecule has 1 aromatic heterocycles. The molecule has 1 aliphatic carbocycles. The molecule has 1 saturated carbocycles. The number of imidazole rings is 1. The van der Waals surface area contributed by atoms with Crippen LogP contribution in [0.15, 0.2) is 18.2 Å². The predicted molar refractivity (Wildman–Crippen MR) is 76.3 cm³/mol. The molecule has 0 aliphatic heterocycles. The normalized spacial score (nSPS) is 17.4. The van der Waals surface area contributed by atoms with Crippen LogP contribution in [0.4, 0.5) is 0 Å². The maximum atomic E-state index is 6.48. The molecule has 1 heterocycles. The highest BCUT2D eigenvalue weighted by Gasteiger charge is 2.39. The number of methoxy groups -OCH3 is 1. The number of nitrogens with two attached hydrogens (primary N) is 1. The van der Waals surface area contributed by atoms with Crippen molar-refractivity contribution in [1.82, 2.24) is 9.55 Å². The molecule has 4 nitrogen and oxygen atoms in total. The molecule has 1 aliphatic rings. The summed E-state index contributed by atoms with van der Waals surface area (Å²) in [4.78, 5) is 4.79. The average molecular weight is 259 g/mol.